The Morgan fingerprint density at radius 1 is 1.26 bits per heavy atom. The molecule has 1 aromatic rings. The summed E-state index contributed by atoms with van der Waals surface area (Å²) in [6, 6.07) is 0. The van der Waals surface area contributed by atoms with E-state index >= 15 is 0 Å². The van der Waals surface area contributed by atoms with Crippen molar-refractivity contribution in [2.24, 2.45) is 0 Å². The van der Waals surface area contributed by atoms with E-state index < -0.39 is 0 Å². The van der Waals surface area contributed by atoms with Gasteiger partial charge in [-0.3, -0.25) is 0 Å². The number of rotatable bonds is 11. The molecule has 0 aliphatic carbocycles. The van der Waals surface area contributed by atoms with Crippen LogP contribution in [0.5, 0.6) is 0 Å². The van der Waals surface area contributed by atoms with Crippen molar-refractivity contribution < 1.29 is 9.47 Å². The van der Waals surface area contributed by atoms with Gasteiger partial charge in [0, 0.05) is 39.6 Å². The Morgan fingerprint density at radius 2 is 2.11 bits per heavy atom. The minimum absolute atomic E-state index is 0.739. The van der Waals surface area contributed by atoms with E-state index in [9.17, 15) is 0 Å². The first-order chi connectivity index (χ1) is 9.27. The second kappa shape index (κ2) is 9.81. The molecule has 19 heavy (non-hydrogen) atoms. The van der Waals surface area contributed by atoms with Gasteiger partial charge in [-0.15, -0.1) is 0 Å². The predicted octanol–water partition coefficient (Wildman–Crippen LogP) is 2.46. The largest absolute Gasteiger partial charge is 0.385 e. The fourth-order valence-electron chi connectivity index (χ4n) is 1.79. The Kier molecular flexibility index (Phi) is 8.25. The van der Waals surface area contributed by atoms with Crippen molar-refractivity contribution in [2.45, 2.75) is 39.7 Å². The Balaban J connectivity index is 2.31. The number of nitrogens with zero attached hydrogens (tertiary/aromatic N) is 2. The molecule has 0 aromatic carbocycles. The van der Waals surface area contributed by atoms with Crippen LogP contribution in [0.2, 0.25) is 0 Å². The monoisotopic (exact) mass is 269 g/mol. The average molecular weight is 269 g/mol. The van der Waals surface area contributed by atoms with Crippen LogP contribution >= 0.6 is 0 Å². The molecule has 1 N–H and O–H groups in total. The van der Waals surface area contributed by atoms with Gasteiger partial charge in [0.2, 0.25) is 5.95 Å². The van der Waals surface area contributed by atoms with Crippen LogP contribution in [0.3, 0.4) is 0 Å². The van der Waals surface area contributed by atoms with E-state index in [1.54, 1.807) is 7.11 Å². The van der Waals surface area contributed by atoms with Crippen molar-refractivity contribution in [2.75, 3.05) is 38.8 Å². The molecule has 1 rings (SSSR count). The van der Waals surface area contributed by atoms with E-state index in [0.717, 1.165) is 57.4 Å². The van der Waals surface area contributed by atoms with Crippen LogP contribution in [0.25, 0.3) is 0 Å². The highest BCUT2D eigenvalue weighted by molar-refractivity contribution is 5.28. The van der Waals surface area contributed by atoms with Crippen molar-refractivity contribution in [1.29, 1.82) is 0 Å². The molecule has 1 aromatic heterocycles. The molecule has 0 spiro atoms. The minimum atomic E-state index is 0.739. The zero-order valence-corrected chi connectivity index (χ0v) is 12.4. The summed E-state index contributed by atoms with van der Waals surface area (Å²) in [5, 5.41) is 3.34. The highest BCUT2D eigenvalue weighted by Crippen LogP contribution is 2.08. The molecule has 0 fully saturated rings. The molecular formula is C14H27N3O2. The van der Waals surface area contributed by atoms with Crippen molar-refractivity contribution in [1.82, 2.24) is 9.55 Å². The first-order valence-electron chi connectivity index (χ1n) is 7.12. The first-order valence-corrected chi connectivity index (χ1v) is 7.12. The van der Waals surface area contributed by atoms with Gasteiger partial charge in [-0.05, 0) is 19.8 Å². The lowest BCUT2D eigenvalue weighted by Gasteiger charge is -2.10. The Labute approximate surface area is 116 Å². The van der Waals surface area contributed by atoms with E-state index in [-0.39, 0.29) is 0 Å². The maximum atomic E-state index is 5.59. The number of methoxy groups -OCH3 is 1. The predicted molar refractivity (Wildman–Crippen MR) is 77.7 cm³/mol. The molecule has 0 bridgehead atoms. The number of hydrogen-bond acceptors (Lipinski definition) is 4. The lowest BCUT2D eigenvalue weighted by molar-refractivity contribution is 0.124. The fraction of sp³-hybridized carbons (Fsp3) is 0.786. The fourth-order valence-corrected chi connectivity index (χ4v) is 1.79. The van der Waals surface area contributed by atoms with Gasteiger partial charge in [0.1, 0.15) is 0 Å². The van der Waals surface area contributed by atoms with Crippen LogP contribution in [0, 0.1) is 6.92 Å². The second-order valence-corrected chi connectivity index (χ2v) is 4.64. The smallest absolute Gasteiger partial charge is 0.203 e. The molecule has 0 aliphatic rings. The highest BCUT2D eigenvalue weighted by atomic mass is 16.5. The lowest BCUT2D eigenvalue weighted by atomic mass is 10.4. The van der Waals surface area contributed by atoms with Crippen molar-refractivity contribution in [3.05, 3.63) is 11.9 Å². The van der Waals surface area contributed by atoms with E-state index in [4.69, 9.17) is 9.47 Å². The molecule has 0 saturated carbocycles. The molecular weight excluding hydrogens is 242 g/mol. The van der Waals surface area contributed by atoms with Gasteiger partial charge < -0.3 is 19.4 Å². The summed E-state index contributed by atoms with van der Waals surface area (Å²) in [6.45, 7) is 8.26. The summed E-state index contributed by atoms with van der Waals surface area (Å²) in [5.74, 6) is 0.924. The number of aryl methyl sites for hydroxylation is 1. The molecule has 0 atom stereocenters. The summed E-state index contributed by atoms with van der Waals surface area (Å²) in [6.07, 6.45) is 5.35. The van der Waals surface area contributed by atoms with Crippen LogP contribution in [-0.4, -0.2) is 43.0 Å². The van der Waals surface area contributed by atoms with Crippen molar-refractivity contribution >= 4 is 5.95 Å². The van der Waals surface area contributed by atoms with Crippen LogP contribution in [0.1, 0.15) is 31.9 Å². The molecule has 0 unspecified atom stereocenters. The summed E-state index contributed by atoms with van der Waals surface area (Å²) in [5.41, 5.74) is 1.03. The zero-order chi connectivity index (χ0) is 13.9. The van der Waals surface area contributed by atoms with Crippen LogP contribution < -0.4 is 5.32 Å². The average Bonchev–Trinajstić information content (AvgIpc) is 2.75. The summed E-state index contributed by atoms with van der Waals surface area (Å²) in [4.78, 5) is 4.48. The third-order valence-corrected chi connectivity index (χ3v) is 2.82. The van der Waals surface area contributed by atoms with Crippen LogP contribution in [0.15, 0.2) is 6.20 Å². The first kappa shape index (κ1) is 16.0. The maximum Gasteiger partial charge on any atom is 0.203 e. The number of hydrogen-bond donors (Lipinski definition) is 1. The number of unbranched alkanes of at least 4 members (excludes halogenated alkanes) is 1. The minimum Gasteiger partial charge on any atom is -0.385 e. The normalized spacial score (nSPS) is 10.9. The Bertz CT molecular complexity index is 339. The third kappa shape index (κ3) is 6.59. The topological polar surface area (TPSA) is 48.3 Å². The van der Waals surface area contributed by atoms with E-state index in [1.165, 1.54) is 6.42 Å². The number of aromatic nitrogens is 2. The van der Waals surface area contributed by atoms with Gasteiger partial charge in [-0.25, -0.2) is 4.98 Å². The SMILES string of the molecule is CCCCOCCn1cc(C)nc1NCCCOC. The van der Waals surface area contributed by atoms with Gasteiger partial charge in [0.15, 0.2) is 0 Å². The Morgan fingerprint density at radius 3 is 2.84 bits per heavy atom. The number of imidazole rings is 1. The van der Waals surface area contributed by atoms with Gasteiger partial charge >= 0.3 is 0 Å². The number of anilines is 1. The van der Waals surface area contributed by atoms with Gasteiger partial charge in [0.25, 0.3) is 0 Å². The summed E-state index contributed by atoms with van der Waals surface area (Å²) >= 11 is 0. The zero-order valence-electron chi connectivity index (χ0n) is 12.4. The lowest BCUT2D eigenvalue weighted by Crippen LogP contribution is -2.12. The molecule has 0 radical (unpaired) electrons. The van der Waals surface area contributed by atoms with Crippen LogP contribution in [0.4, 0.5) is 5.95 Å². The molecule has 0 amide bonds. The van der Waals surface area contributed by atoms with Crippen LogP contribution in [-0.2, 0) is 16.0 Å². The number of nitrogens with one attached hydrogen (secondary N) is 1. The standard InChI is InChI=1S/C14H27N3O2/c1-4-5-10-19-11-8-17-12-13(2)16-14(17)15-7-6-9-18-3/h12H,4-11H2,1-3H3,(H,15,16). The van der Waals surface area contributed by atoms with Gasteiger partial charge in [-0.1, -0.05) is 13.3 Å². The van der Waals surface area contributed by atoms with Crippen molar-refractivity contribution in [3.8, 4) is 0 Å². The molecule has 110 valence electrons. The van der Waals surface area contributed by atoms with Gasteiger partial charge in [0.05, 0.1) is 12.3 Å². The van der Waals surface area contributed by atoms with E-state index in [0.29, 0.717) is 0 Å². The third-order valence-electron chi connectivity index (χ3n) is 2.82. The molecule has 0 saturated heterocycles. The van der Waals surface area contributed by atoms with Crippen molar-refractivity contribution in [3.63, 3.8) is 0 Å². The molecule has 0 aliphatic heterocycles. The quantitative estimate of drug-likeness (QED) is 0.627. The molecule has 5 nitrogen and oxygen atoms in total. The second-order valence-electron chi connectivity index (χ2n) is 4.64. The Hall–Kier alpha value is -1.07. The highest BCUT2D eigenvalue weighted by Gasteiger charge is 2.04. The number of ether oxygens (including phenoxy) is 2. The van der Waals surface area contributed by atoms with Gasteiger partial charge in [-0.2, -0.15) is 0 Å². The summed E-state index contributed by atoms with van der Waals surface area (Å²) in [7, 11) is 1.72. The maximum absolute atomic E-state index is 5.59. The molecule has 1 heterocycles. The molecule has 5 heteroatoms. The van der Waals surface area contributed by atoms with E-state index in [1.807, 2.05) is 6.92 Å². The summed E-state index contributed by atoms with van der Waals surface area (Å²) < 4.78 is 12.7. The van der Waals surface area contributed by atoms with E-state index in [2.05, 4.69) is 28.0 Å².